The Balaban J connectivity index is 1.95. The van der Waals surface area contributed by atoms with Crippen LogP contribution in [0.15, 0.2) is 54.7 Å². The van der Waals surface area contributed by atoms with Crippen LogP contribution in [-0.4, -0.2) is 26.4 Å². The Bertz CT molecular complexity index is 1030. The molecule has 5 nitrogen and oxygen atoms in total. The van der Waals surface area contributed by atoms with Crippen molar-refractivity contribution in [2.75, 3.05) is 0 Å². The van der Waals surface area contributed by atoms with Gasteiger partial charge in [-0.3, -0.25) is 0 Å². The van der Waals surface area contributed by atoms with E-state index in [1.54, 1.807) is 18.2 Å². The molecule has 1 aromatic heterocycles. The molecule has 0 unspecified atom stereocenters. The van der Waals surface area contributed by atoms with Crippen molar-refractivity contribution < 1.29 is 9.84 Å². The van der Waals surface area contributed by atoms with Gasteiger partial charge in [-0.1, -0.05) is 30.3 Å². The monoisotopic (exact) mass is 359 g/mol. The van der Waals surface area contributed by atoms with Gasteiger partial charge in [0, 0.05) is 17.3 Å². The topological polar surface area (TPSA) is 71.1 Å². The number of aromatic nitrogens is 2. The fourth-order valence-corrected chi connectivity index (χ4v) is 3.67. The second kappa shape index (κ2) is 6.26. The number of hydrogen-bond acceptors (Lipinski definition) is 4. The molecule has 0 aliphatic carbocycles. The Kier molecular flexibility index (Phi) is 4.01. The van der Waals surface area contributed by atoms with Crippen LogP contribution in [-0.2, 0) is 0 Å². The van der Waals surface area contributed by atoms with Gasteiger partial charge in [0.05, 0.1) is 23.4 Å². The summed E-state index contributed by atoms with van der Waals surface area (Å²) in [5.41, 5.74) is 2.38. The average molecular weight is 359 g/mol. The van der Waals surface area contributed by atoms with Crippen molar-refractivity contribution >= 4 is 0 Å². The molecule has 0 amide bonds. The van der Waals surface area contributed by atoms with Gasteiger partial charge in [0.1, 0.15) is 23.3 Å². The Morgan fingerprint density at radius 2 is 1.93 bits per heavy atom. The van der Waals surface area contributed by atoms with Crippen LogP contribution in [0.1, 0.15) is 36.7 Å². The van der Waals surface area contributed by atoms with E-state index in [1.165, 1.54) is 0 Å². The first-order valence-corrected chi connectivity index (χ1v) is 8.93. The van der Waals surface area contributed by atoms with Crippen LogP contribution in [0.5, 0.6) is 5.75 Å². The summed E-state index contributed by atoms with van der Waals surface area (Å²) in [6.45, 7) is 5.68. The maximum Gasteiger partial charge on any atom is 0.140 e. The fraction of sp³-hybridized carbons (Fsp3) is 0.273. The second-order valence-electron chi connectivity index (χ2n) is 7.44. The normalized spacial score (nSPS) is 20.4. The van der Waals surface area contributed by atoms with Gasteiger partial charge in [-0.15, -0.1) is 0 Å². The van der Waals surface area contributed by atoms with E-state index in [0.717, 1.165) is 22.6 Å². The molecule has 1 N–H and O–H groups in total. The van der Waals surface area contributed by atoms with E-state index < -0.39 is 17.7 Å². The number of rotatable bonds is 2. The fourth-order valence-electron chi connectivity index (χ4n) is 3.67. The summed E-state index contributed by atoms with van der Waals surface area (Å²) in [5, 5.41) is 20.5. The summed E-state index contributed by atoms with van der Waals surface area (Å²) < 4.78 is 8.04. The van der Waals surface area contributed by atoms with Gasteiger partial charge >= 0.3 is 0 Å². The van der Waals surface area contributed by atoms with Crippen LogP contribution >= 0.6 is 0 Å². The molecule has 2 aromatic carbocycles. The van der Waals surface area contributed by atoms with E-state index in [9.17, 15) is 10.4 Å². The second-order valence-corrected chi connectivity index (χ2v) is 7.44. The molecule has 5 heteroatoms. The first-order valence-electron chi connectivity index (χ1n) is 8.93. The minimum Gasteiger partial charge on any atom is -0.485 e. The molecule has 2 atom stereocenters. The molecular formula is C22H21N3O2. The molecule has 4 rings (SSSR count). The predicted octanol–water partition coefficient (Wildman–Crippen LogP) is 3.85. The summed E-state index contributed by atoms with van der Waals surface area (Å²) in [6, 6.07) is 17.0. The smallest absolute Gasteiger partial charge is 0.140 e. The standard InChI is InChI=1S/C22H21N3O2/c1-14-13-25(21(24-14)16-7-5-4-6-8-16)19-17-11-15(12-23)9-10-18(17)27-22(2,3)20(19)26/h4-11,13,19-20,26H,1-3H3/t19-,20+/m1/s1. The molecule has 0 fully saturated rings. The predicted molar refractivity (Wildman–Crippen MR) is 102 cm³/mol. The van der Waals surface area contributed by atoms with Crippen LogP contribution in [0.4, 0.5) is 0 Å². The number of aliphatic hydroxyl groups is 1. The van der Waals surface area contributed by atoms with Gasteiger partial charge in [0.15, 0.2) is 0 Å². The zero-order chi connectivity index (χ0) is 19.2. The van der Waals surface area contributed by atoms with Crippen LogP contribution in [0.25, 0.3) is 11.4 Å². The molecule has 0 spiro atoms. The number of nitriles is 1. The number of ether oxygens (including phenoxy) is 1. The van der Waals surface area contributed by atoms with E-state index in [1.807, 2.05) is 61.9 Å². The number of nitrogens with zero attached hydrogens (tertiary/aromatic N) is 3. The van der Waals surface area contributed by atoms with Crippen molar-refractivity contribution in [3.8, 4) is 23.2 Å². The summed E-state index contributed by atoms with van der Waals surface area (Å²) in [7, 11) is 0. The van der Waals surface area contributed by atoms with Crippen molar-refractivity contribution in [2.45, 2.75) is 38.5 Å². The van der Waals surface area contributed by atoms with Gasteiger partial charge < -0.3 is 14.4 Å². The Hall–Kier alpha value is -3.10. The van der Waals surface area contributed by atoms with Gasteiger partial charge in [0.2, 0.25) is 0 Å². The molecule has 0 saturated carbocycles. The van der Waals surface area contributed by atoms with Crippen LogP contribution < -0.4 is 4.74 Å². The average Bonchev–Trinajstić information content (AvgIpc) is 3.04. The van der Waals surface area contributed by atoms with Crippen LogP contribution in [0.3, 0.4) is 0 Å². The first-order chi connectivity index (χ1) is 12.9. The highest BCUT2D eigenvalue weighted by Crippen LogP contribution is 2.43. The lowest BCUT2D eigenvalue weighted by Crippen LogP contribution is -2.50. The molecule has 2 heterocycles. The molecule has 0 saturated heterocycles. The number of benzene rings is 2. The number of fused-ring (bicyclic) bond motifs is 1. The molecule has 27 heavy (non-hydrogen) atoms. The quantitative estimate of drug-likeness (QED) is 0.754. The summed E-state index contributed by atoms with van der Waals surface area (Å²) in [5.74, 6) is 1.46. The van der Waals surface area contributed by atoms with Crippen molar-refractivity contribution in [3.63, 3.8) is 0 Å². The zero-order valence-electron chi connectivity index (χ0n) is 15.5. The maximum atomic E-state index is 11.2. The molecule has 3 aromatic rings. The third-order valence-electron chi connectivity index (χ3n) is 5.03. The first kappa shape index (κ1) is 17.3. The molecule has 136 valence electrons. The highest BCUT2D eigenvalue weighted by atomic mass is 16.5. The van der Waals surface area contributed by atoms with E-state index in [4.69, 9.17) is 9.72 Å². The van der Waals surface area contributed by atoms with Gasteiger partial charge in [-0.05, 0) is 39.0 Å². The van der Waals surface area contributed by atoms with Gasteiger partial charge in [-0.2, -0.15) is 5.26 Å². The molecule has 0 radical (unpaired) electrons. The minimum atomic E-state index is -0.810. The molecule has 0 bridgehead atoms. The molecule has 1 aliphatic heterocycles. The van der Waals surface area contributed by atoms with Gasteiger partial charge in [-0.25, -0.2) is 4.98 Å². The van der Waals surface area contributed by atoms with E-state index in [0.29, 0.717) is 11.3 Å². The highest BCUT2D eigenvalue weighted by Gasteiger charge is 2.44. The number of imidazole rings is 1. The summed E-state index contributed by atoms with van der Waals surface area (Å²) in [6.07, 6.45) is 1.13. The third-order valence-corrected chi connectivity index (χ3v) is 5.03. The highest BCUT2D eigenvalue weighted by molar-refractivity contribution is 5.57. The van der Waals surface area contributed by atoms with Crippen molar-refractivity contribution in [1.29, 1.82) is 5.26 Å². The lowest BCUT2D eigenvalue weighted by molar-refractivity contribution is -0.0634. The van der Waals surface area contributed by atoms with Gasteiger partial charge in [0.25, 0.3) is 0 Å². The minimum absolute atomic E-state index is 0.409. The SMILES string of the molecule is Cc1cn([C@@H]2c3cc(C#N)ccc3OC(C)(C)[C@H]2O)c(-c2ccccc2)n1. The van der Waals surface area contributed by atoms with Crippen LogP contribution in [0.2, 0.25) is 0 Å². The van der Waals surface area contributed by atoms with E-state index >= 15 is 0 Å². The third kappa shape index (κ3) is 2.88. The lowest BCUT2D eigenvalue weighted by atomic mass is 9.85. The summed E-state index contributed by atoms with van der Waals surface area (Å²) >= 11 is 0. The summed E-state index contributed by atoms with van der Waals surface area (Å²) in [4.78, 5) is 4.70. The largest absolute Gasteiger partial charge is 0.485 e. The Morgan fingerprint density at radius 1 is 1.19 bits per heavy atom. The van der Waals surface area contributed by atoms with Crippen molar-refractivity contribution in [3.05, 3.63) is 71.5 Å². The van der Waals surface area contributed by atoms with Crippen LogP contribution in [0, 0.1) is 18.3 Å². The Morgan fingerprint density at radius 3 is 2.63 bits per heavy atom. The van der Waals surface area contributed by atoms with E-state index in [-0.39, 0.29) is 0 Å². The maximum absolute atomic E-state index is 11.2. The number of aryl methyl sites for hydroxylation is 1. The van der Waals surface area contributed by atoms with Crippen molar-refractivity contribution in [2.24, 2.45) is 0 Å². The van der Waals surface area contributed by atoms with E-state index in [2.05, 4.69) is 6.07 Å². The number of hydrogen-bond donors (Lipinski definition) is 1. The number of aliphatic hydroxyl groups excluding tert-OH is 1. The molecular weight excluding hydrogens is 338 g/mol. The lowest BCUT2D eigenvalue weighted by Gasteiger charge is -2.43. The van der Waals surface area contributed by atoms with Crippen molar-refractivity contribution in [1.82, 2.24) is 9.55 Å². The Labute approximate surface area is 158 Å². The zero-order valence-corrected chi connectivity index (χ0v) is 15.5. The molecule has 1 aliphatic rings.